The molecule has 0 saturated carbocycles. The van der Waals surface area contributed by atoms with Gasteiger partial charge in [0.05, 0.1) is 32.9 Å². The van der Waals surface area contributed by atoms with Crippen LogP contribution in [0.15, 0.2) is 28.7 Å². The number of likely N-dealkylation sites (N-methyl/N-ethyl adjacent to an activating group) is 1. The number of anilines is 1. The van der Waals surface area contributed by atoms with Crippen LogP contribution in [0.2, 0.25) is 0 Å². The molecule has 2 amide bonds. The van der Waals surface area contributed by atoms with E-state index >= 15 is 0 Å². The van der Waals surface area contributed by atoms with Gasteiger partial charge in [0.1, 0.15) is 0 Å². The van der Waals surface area contributed by atoms with Crippen molar-refractivity contribution in [2.75, 3.05) is 33.1 Å². The van der Waals surface area contributed by atoms with Gasteiger partial charge in [-0.2, -0.15) is 0 Å². The molecule has 0 aliphatic rings. The summed E-state index contributed by atoms with van der Waals surface area (Å²) >= 11 is 3.35. The van der Waals surface area contributed by atoms with Gasteiger partial charge in [0.2, 0.25) is 11.8 Å². The highest BCUT2D eigenvalue weighted by molar-refractivity contribution is 9.10. The van der Waals surface area contributed by atoms with Crippen molar-refractivity contribution in [1.82, 2.24) is 4.90 Å². The maximum absolute atomic E-state index is 13.6. The number of nitrogens with zero attached hydrogens (tertiary/aromatic N) is 1. The summed E-state index contributed by atoms with van der Waals surface area (Å²) in [5.41, 5.74) is 0.0870. The van der Waals surface area contributed by atoms with E-state index in [1.807, 2.05) is 0 Å². The highest BCUT2D eigenvalue weighted by atomic mass is 79.9. The van der Waals surface area contributed by atoms with Gasteiger partial charge in [0, 0.05) is 11.5 Å². The lowest BCUT2D eigenvalue weighted by molar-refractivity contribution is -0.132. The average Bonchev–Trinajstić information content (AvgIpc) is 2.69. The molecule has 2 aromatic carbocycles. The zero-order valence-corrected chi connectivity index (χ0v) is 17.4. The molecule has 0 fully saturated rings. The van der Waals surface area contributed by atoms with Crippen LogP contribution in [0.5, 0.6) is 11.5 Å². The zero-order chi connectivity index (χ0) is 21.7. The number of carbonyl (C=O) groups excluding carboxylic acids is 2. The van der Waals surface area contributed by atoms with Gasteiger partial charge in [-0.25, -0.2) is 13.2 Å². The summed E-state index contributed by atoms with van der Waals surface area (Å²) in [6, 6.07) is 4.87. The first-order valence-corrected chi connectivity index (χ1v) is 9.05. The van der Waals surface area contributed by atoms with Crippen LogP contribution in [0.1, 0.15) is 5.56 Å². The summed E-state index contributed by atoms with van der Waals surface area (Å²) < 4.78 is 50.8. The summed E-state index contributed by atoms with van der Waals surface area (Å²) in [6.45, 7) is -0.415. The molecule has 2 rings (SSSR count). The van der Waals surface area contributed by atoms with E-state index in [9.17, 15) is 22.8 Å². The molecular formula is C19H18BrF3N2O4. The second kappa shape index (κ2) is 9.64. The van der Waals surface area contributed by atoms with E-state index in [2.05, 4.69) is 21.2 Å². The second-order valence-electron chi connectivity index (χ2n) is 6.00. The quantitative estimate of drug-likeness (QED) is 0.623. The number of ether oxygens (including phenoxy) is 2. The van der Waals surface area contributed by atoms with Crippen molar-refractivity contribution in [2.45, 2.75) is 6.42 Å². The molecule has 156 valence electrons. The number of amides is 2. The highest BCUT2D eigenvalue weighted by Gasteiger charge is 2.19. The normalized spacial score (nSPS) is 10.4. The zero-order valence-electron chi connectivity index (χ0n) is 15.8. The van der Waals surface area contributed by atoms with E-state index in [-0.39, 0.29) is 6.42 Å². The van der Waals surface area contributed by atoms with Crippen molar-refractivity contribution < 1.29 is 32.2 Å². The Hall–Kier alpha value is -2.75. The lowest BCUT2D eigenvalue weighted by atomic mass is 10.1. The summed E-state index contributed by atoms with van der Waals surface area (Å²) in [6.07, 6.45) is -0.0513. The number of hydrogen-bond donors (Lipinski definition) is 1. The van der Waals surface area contributed by atoms with E-state index in [4.69, 9.17) is 9.47 Å². The number of methoxy groups -OCH3 is 2. The fraction of sp³-hybridized carbons (Fsp3) is 0.263. The van der Waals surface area contributed by atoms with Crippen molar-refractivity contribution in [3.05, 3.63) is 51.8 Å². The molecular weight excluding hydrogens is 457 g/mol. The Balaban J connectivity index is 2.04. The Morgan fingerprint density at radius 3 is 2.31 bits per heavy atom. The Kier molecular flexibility index (Phi) is 7.49. The minimum atomic E-state index is -1.69. The van der Waals surface area contributed by atoms with E-state index in [0.717, 1.165) is 11.0 Å². The number of hydrogen-bond acceptors (Lipinski definition) is 4. The van der Waals surface area contributed by atoms with E-state index < -0.39 is 41.5 Å². The fourth-order valence-electron chi connectivity index (χ4n) is 2.45. The first kappa shape index (κ1) is 22.5. The molecule has 0 spiro atoms. The van der Waals surface area contributed by atoms with Gasteiger partial charge in [-0.1, -0.05) is 15.9 Å². The third kappa shape index (κ3) is 5.41. The molecule has 0 atom stereocenters. The second-order valence-corrected chi connectivity index (χ2v) is 6.85. The van der Waals surface area contributed by atoms with Crippen LogP contribution >= 0.6 is 15.9 Å². The van der Waals surface area contributed by atoms with Crippen molar-refractivity contribution in [3.63, 3.8) is 0 Å². The number of benzene rings is 2. The number of halogens is 4. The molecule has 0 heterocycles. The molecule has 0 saturated heterocycles. The van der Waals surface area contributed by atoms with E-state index in [1.54, 1.807) is 12.1 Å². The van der Waals surface area contributed by atoms with Crippen molar-refractivity contribution >= 4 is 33.4 Å². The number of nitrogens with one attached hydrogen (secondary N) is 1. The Morgan fingerprint density at radius 2 is 1.69 bits per heavy atom. The van der Waals surface area contributed by atoms with Gasteiger partial charge < -0.3 is 19.7 Å². The maximum Gasteiger partial charge on any atom is 0.244 e. The SMILES string of the molecule is COc1cc(Br)c(CC(=O)N(C)CC(=O)Nc2ccc(F)c(F)c2F)cc1OC. The number of rotatable bonds is 7. The topological polar surface area (TPSA) is 67.9 Å². The number of carbonyl (C=O) groups is 2. The van der Waals surface area contributed by atoms with Gasteiger partial charge >= 0.3 is 0 Å². The molecule has 0 aromatic heterocycles. The predicted molar refractivity (Wildman–Crippen MR) is 104 cm³/mol. The van der Waals surface area contributed by atoms with E-state index in [1.165, 1.54) is 21.3 Å². The summed E-state index contributed by atoms with van der Waals surface area (Å²) in [4.78, 5) is 25.6. The monoisotopic (exact) mass is 474 g/mol. The molecule has 0 bridgehead atoms. The van der Waals surface area contributed by atoms with Crippen molar-refractivity contribution in [2.24, 2.45) is 0 Å². The van der Waals surface area contributed by atoms with Gasteiger partial charge in [-0.15, -0.1) is 0 Å². The molecule has 2 aromatic rings. The highest BCUT2D eigenvalue weighted by Crippen LogP contribution is 2.33. The first-order valence-electron chi connectivity index (χ1n) is 8.25. The first-order chi connectivity index (χ1) is 13.7. The lowest BCUT2D eigenvalue weighted by Crippen LogP contribution is -2.36. The minimum absolute atomic E-state index is 0.0513. The molecule has 1 N–H and O–H groups in total. The van der Waals surface area contributed by atoms with Crippen LogP contribution in [0.4, 0.5) is 18.9 Å². The molecule has 0 aliphatic heterocycles. The smallest absolute Gasteiger partial charge is 0.244 e. The van der Waals surface area contributed by atoms with Gasteiger partial charge in [0.15, 0.2) is 29.0 Å². The lowest BCUT2D eigenvalue weighted by Gasteiger charge is -2.18. The van der Waals surface area contributed by atoms with Gasteiger partial charge in [-0.3, -0.25) is 9.59 Å². The minimum Gasteiger partial charge on any atom is -0.493 e. The maximum atomic E-state index is 13.6. The predicted octanol–water partition coefficient (Wildman–Crippen LogP) is 3.52. The Bertz CT molecular complexity index is 940. The third-order valence-electron chi connectivity index (χ3n) is 4.01. The summed E-state index contributed by atoms with van der Waals surface area (Å²) in [5.74, 6) is -4.82. The van der Waals surface area contributed by atoms with Crippen LogP contribution in [0.3, 0.4) is 0 Å². The average molecular weight is 475 g/mol. The Morgan fingerprint density at radius 1 is 1.07 bits per heavy atom. The van der Waals surface area contributed by atoms with Crippen LogP contribution < -0.4 is 14.8 Å². The molecule has 0 aliphatic carbocycles. The summed E-state index contributed by atoms with van der Waals surface area (Å²) in [7, 11) is 4.33. The van der Waals surface area contributed by atoms with Gasteiger partial charge in [-0.05, 0) is 29.8 Å². The molecule has 10 heteroatoms. The van der Waals surface area contributed by atoms with Crippen LogP contribution in [-0.2, 0) is 16.0 Å². The molecule has 29 heavy (non-hydrogen) atoms. The Labute approximate surface area is 173 Å². The van der Waals surface area contributed by atoms with Crippen molar-refractivity contribution in [3.8, 4) is 11.5 Å². The van der Waals surface area contributed by atoms with Crippen LogP contribution in [-0.4, -0.2) is 44.5 Å². The van der Waals surface area contributed by atoms with Crippen LogP contribution in [0.25, 0.3) is 0 Å². The van der Waals surface area contributed by atoms with Crippen LogP contribution in [0, 0.1) is 17.5 Å². The molecule has 6 nitrogen and oxygen atoms in total. The third-order valence-corrected chi connectivity index (χ3v) is 4.75. The largest absolute Gasteiger partial charge is 0.493 e. The molecule has 0 unspecified atom stereocenters. The molecule has 0 radical (unpaired) electrons. The van der Waals surface area contributed by atoms with Gasteiger partial charge in [0.25, 0.3) is 0 Å². The fourth-order valence-corrected chi connectivity index (χ4v) is 2.91. The van der Waals surface area contributed by atoms with Crippen molar-refractivity contribution in [1.29, 1.82) is 0 Å². The summed E-state index contributed by atoms with van der Waals surface area (Å²) in [5, 5.41) is 2.11. The van der Waals surface area contributed by atoms with E-state index in [0.29, 0.717) is 27.6 Å². The standard InChI is InChI=1S/C19H18BrF3N2O4/c1-25(9-16(26)24-13-5-4-12(21)18(22)19(13)23)17(27)7-10-6-14(28-2)15(29-3)8-11(10)20/h4-6,8H,7,9H2,1-3H3,(H,24,26).